The molecule has 0 radical (unpaired) electrons. The highest BCUT2D eigenvalue weighted by atomic mass is 16.5. The summed E-state index contributed by atoms with van der Waals surface area (Å²) in [4.78, 5) is 26.1. The van der Waals surface area contributed by atoms with Crippen molar-refractivity contribution in [1.82, 2.24) is 4.90 Å². The van der Waals surface area contributed by atoms with E-state index in [4.69, 9.17) is 14.6 Å². The summed E-state index contributed by atoms with van der Waals surface area (Å²) in [6.45, 7) is 8.12. The van der Waals surface area contributed by atoms with Gasteiger partial charge in [0.15, 0.2) is 6.61 Å². The van der Waals surface area contributed by atoms with Crippen molar-refractivity contribution in [3.8, 4) is 5.75 Å². The predicted molar refractivity (Wildman–Crippen MR) is 109 cm³/mol. The van der Waals surface area contributed by atoms with Crippen LogP contribution >= 0.6 is 0 Å². The smallest absolute Gasteiger partial charge is 0.341 e. The molecule has 0 saturated carbocycles. The highest BCUT2D eigenvalue weighted by Gasteiger charge is 2.39. The lowest BCUT2D eigenvalue weighted by molar-refractivity contribution is -0.139. The first-order valence-corrected chi connectivity index (χ1v) is 9.63. The molecule has 3 rings (SSSR count). The van der Waals surface area contributed by atoms with E-state index in [1.165, 1.54) is 0 Å². The van der Waals surface area contributed by atoms with Crippen molar-refractivity contribution in [2.24, 2.45) is 0 Å². The summed E-state index contributed by atoms with van der Waals surface area (Å²) < 4.78 is 11.4. The van der Waals surface area contributed by atoms with Crippen LogP contribution in [0.25, 0.3) is 0 Å². The Morgan fingerprint density at radius 1 is 1.17 bits per heavy atom. The SMILES string of the molecule is Cc1cc(C(=O)N2CC(c3ccccc3)OCC2(C)C)cc(C)c1OCC(=O)O. The molecule has 1 saturated heterocycles. The molecule has 2 aromatic rings. The third-order valence-electron chi connectivity index (χ3n) is 5.18. The fourth-order valence-electron chi connectivity index (χ4n) is 3.67. The maximum atomic E-state index is 13.4. The number of rotatable bonds is 5. The predicted octanol–water partition coefficient (Wildman–Crippen LogP) is 3.76. The molecule has 1 atom stereocenters. The van der Waals surface area contributed by atoms with Gasteiger partial charge in [-0.25, -0.2) is 4.79 Å². The minimum absolute atomic E-state index is 0.0739. The third-order valence-corrected chi connectivity index (χ3v) is 5.18. The van der Waals surface area contributed by atoms with Crippen LogP contribution in [0.15, 0.2) is 42.5 Å². The summed E-state index contributed by atoms with van der Waals surface area (Å²) in [5.41, 5.74) is 2.64. The molecule has 6 heteroatoms. The van der Waals surface area contributed by atoms with E-state index in [0.717, 1.165) is 16.7 Å². The molecule has 1 fully saturated rings. The Labute approximate surface area is 171 Å². The minimum Gasteiger partial charge on any atom is -0.481 e. The number of carbonyl (C=O) groups is 2. The maximum absolute atomic E-state index is 13.4. The van der Waals surface area contributed by atoms with E-state index in [1.807, 2.05) is 62.9 Å². The van der Waals surface area contributed by atoms with Crippen LogP contribution in [-0.2, 0) is 9.53 Å². The van der Waals surface area contributed by atoms with Crippen LogP contribution in [0, 0.1) is 13.8 Å². The van der Waals surface area contributed by atoms with Gasteiger partial charge in [-0.2, -0.15) is 0 Å². The molecule has 1 aliphatic heterocycles. The van der Waals surface area contributed by atoms with Crippen LogP contribution < -0.4 is 4.74 Å². The summed E-state index contributed by atoms with van der Waals surface area (Å²) in [5.74, 6) is -0.603. The van der Waals surface area contributed by atoms with E-state index < -0.39 is 18.1 Å². The second-order valence-corrected chi connectivity index (χ2v) is 8.06. The summed E-state index contributed by atoms with van der Waals surface area (Å²) in [6.07, 6.45) is -0.173. The highest BCUT2D eigenvalue weighted by Crippen LogP contribution is 2.33. The van der Waals surface area contributed by atoms with Crippen molar-refractivity contribution >= 4 is 11.9 Å². The van der Waals surface area contributed by atoms with Gasteiger partial charge in [-0.05, 0) is 56.5 Å². The van der Waals surface area contributed by atoms with Gasteiger partial charge in [-0.15, -0.1) is 0 Å². The summed E-state index contributed by atoms with van der Waals surface area (Å²) in [6, 6.07) is 13.4. The topological polar surface area (TPSA) is 76.1 Å². The van der Waals surface area contributed by atoms with Crippen molar-refractivity contribution in [2.45, 2.75) is 39.3 Å². The van der Waals surface area contributed by atoms with Crippen molar-refractivity contribution in [1.29, 1.82) is 0 Å². The van der Waals surface area contributed by atoms with Crippen molar-refractivity contribution in [3.63, 3.8) is 0 Å². The molecule has 0 aromatic heterocycles. The fourth-order valence-corrected chi connectivity index (χ4v) is 3.67. The van der Waals surface area contributed by atoms with Crippen molar-refractivity contribution in [3.05, 3.63) is 64.7 Å². The van der Waals surface area contributed by atoms with E-state index in [-0.39, 0.29) is 12.0 Å². The molecule has 1 N–H and O–H groups in total. The first-order chi connectivity index (χ1) is 13.7. The minimum atomic E-state index is -1.04. The van der Waals surface area contributed by atoms with Crippen LogP contribution in [0.1, 0.15) is 47.0 Å². The summed E-state index contributed by atoms with van der Waals surface area (Å²) >= 11 is 0. The molecular weight excluding hydrogens is 370 g/mol. The van der Waals surface area contributed by atoms with Crippen LogP contribution in [0.3, 0.4) is 0 Å². The van der Waals surface area contributed by atoms with Crippen LogP contribution in [0.5, 0.6) is 5.75 Å². The van der Waals surface area contributed by atoms with Crippen molar-refractivity contribution < 1.29 is 24.2 Å². The zero-order chi connectivity index (χ0) is 21.2. The number of aryl methyl sites for hydroxylation is 2. The van der Waals surface area contributed by atoms with Gasteiger partial charge in [-0.1, -0.05) is 30.3 Å². The lowest BCUT2D eigenvalue weighted by Crippen LogP contribution is -2.56. The van der Waals surface area contributed by atoms with Gasteiger partial charge < -0.3 is 19.5 Å². The standard InChI is InChI=1S/C23H27NO5/c1-15-10-18(11-16(2)21(15)28-13-20(25)26)22(27)24-12-19(29-14-23(24,3)4)17-8-6-5-7-9-17/h5-11,19H,12-14H2,1-4H3,(H,25,26). The molecule has 1 aliphatic rings. The number of carboxylic acids is 1. The Kier molecular flexibility index (Phi) is 5.94. The third kappa shape index (κ3) is 4.59. The molecule has 2 aromatic carbocycles. The van der Waals surface area contributed by atoms with Gasteiger partial charge in [0.1, 0.15) is 11.9 Å². The second kappa shape index (κ2) is 8.25. The second-order valence-electron chi connectivity index (χ2n) is 8.06. The Morgan fingerprint density at radius 3 is 2.38 bits per heavy atom. The van der Waals surface area contributed by atoms with Gasteiger partial charge in [0, 0.05) is 5.56 Å². The van der Waals surface area contributed by atoms with Crippen LogP contribution in [-0.4, -0.2) is 47.2 Å². The van der Waals surface area contributed by atoms with E-state index in [0.29, 0.717) is 24.5 Å². The molecule has 29 heavy (non-hydrogen) atoms. The Hall–Kier alpha value is -2.86. The van der Waals surface area contributed by atoms with Gasteiger partial charge >= 0.3 is 5.97 Å². The maximum Gasteiger partial charge on any atom is 0.341 e. The molecular formula is C23H27NO5. The fraction of sp³-hybridized carbons (Fsp3) is 0.391. The van der Waals surface area contributed by atoms with E-state index in [9.17, 15) is 9.59 Å². The van der Waals surface area contributed by atoms with Gasteiger partial charge in [0.25, 0.3) is 5.91 Å². The molecule has 154 valence electrons. The molecule has 6 nitrogen and oxygen atoms in total. The first kappa shape index (κ1) is 20.9. The lowest BCUT2D eigenvalue weighted by atomic mass is 9.96. The van der Waals surface area contributed by atoms with Crippen molar-refractivity contribution in [2.75, 3.05) is 19.8 Å². The van der Waals surface area contributed by atoms with Gasteiger partial charge in [0.2, 0.25) is 0 Å². The highest BCUT2D eigenvalue weighted by molar-refractivity contribution is 5.95. The van der Waals surface area contributed by atoms with Crippen LogP contribution in [0.4, 0.5) is 0 Å². The first-order valence-electron chi connectivity index (χ1n) is 9.63. The van der Waals surface area contributed by atoms with E-state index in [1.54, 1.807) is 12.1 Å². The Balaban J connectivity index is 1.86. The summed E-state index contributed by atoms with van der Waals surface area (Å²) in [5, 5.41) is 8.85. The molecule has 0 spiro atoms. The van der Waals surface area contributed by atoms with E-state index >= 15 is 0 Å². The Bertz CT molecular complexity index is 884. The van der Waals surface area contributed by atoms with Gasteiger partial charge in [-0.3, -0.25) is 4.79 Å². The van der Waals surface area contributed by atoms with Gasteiger partial charge in [0.05, 0.1) is 18.7 Å². The number of ether oxygens (including phenoxy) is 2. The normalized spacial score (nSPS) is 18.3. The number of hydrogen-bond acceptors (Lipinski definition) is 4. The van der Waals surface area contributed by atoms with E-state index in [2.05, 4.69) is 0 Å². The zero-order valence-electron chi connectivity index (χ0n) is 17.3. The lowest BCUT2D eigenvalue weighted by Gasteiger charge is -2.45. The number of hydrogen-bond donors (Lipinski definition) is 1. The monoisotopic (exact) mass is 397 g/mol. The number of aliphatic carboxylic acids is 1. The number of carboxylic acid groups (broad SMARTS) is 1. The number of amides is 1. The number of morpholine rings is 1. The molecule has 1 unspecified atom stereocenters. The quantitative estimate of drug-likeness (QED) is 0.831. The zero-order valence-corrected chi connectivity index (χ0v) is 17.3. The van der Waals surface area contributed by atoms with Crippen LogP contribution in [0.2, 0.25) is 0 Å². The average molecular weight is 397 g/mol. The molecule has 1 heterocycles. The number of nitrogens with zero attached hydrogens (tertiary/aromatic N) is 1. The summed E-state index contributed by atoms with van der Waals surface area (Å²) in [7, 11) is 0. The molecule has 0 aliphatic carbocycles. The molecule has 0 bridgehead atoms. The average Bonchev–Trinajstić information content (AvgIpc) is 2.67. The largest absolute Gasteiger partial charge is 0.481 e. The molecule has 1 amide bonds. The Morgan fingerprint density at radius 2 is 1.79 bits per heavy atom. The number of benzene rings is 2. The number of carbonyl (C=O) groups excluding carboxylic acids is 1.